The van der Waals surface area contributed by atoms with Crippen molar-refractivity contribution in [3.05, 3.63) is 108 Å². The van der Waals surface area contributed by atoms with Gasteiger partial charge in [0.05, 0.1) is 12.6 Å². The van der Waals surface area contributed by atoms with Crippen molar-refractivity contribution in [1.29, 1.82) is 0 Å². The van der Waals surface area contributed by atoms with Crippen LogP contribution in [0.3, 0.4) is 0 Å². The number of nitrogens with zero attached hydrogens (tertiary/aromatic N) is 1. The van der Waals surface area contributed by atoms with Crippen LogP contribution in [0.25, 0.3) is 0 Å². The van der Waals surface area contributed by atoms with Crippen molar-refractivity contribution in [2.45, 2.75) is 18.7 Å². The molecule has 0 spiro atoms. The van der Waals surface area contributed by atoms with Crippen molar-refractivity contribution < 1.29 is 4.74 Å². The van der Waals surface area contributed by atoms with Crippen LogP contribution in [0.5, 0.6) is 0 Å². The highest BCUT2D eigenvalue weighted by molar-refractivity contribution is 5.86. The van der Waals surface area contributed by atoms with Gasteiger partial charge in [0.1, 0.15) is 18.5 Å². The second kappa shape index (κ2) is 7.98. The number of hydrogen-bond donors (Lipinski definition) is 1. The van der Waals surface area contributed by atoms with Gasteiger partial charge in [-0.05, 0) is 16.7 Å². The number of ether oxygens (including phenoxy) is 1. The SMILES string of the molecule is c1ccc(COCC2=N[C@@H](c3ccccc3)[C@@H](c3ccccc3)N2)cc1. The third kappa shape index (κ3) is 3.84. The van der Waals surface area contributed by atoms with Crippen LogP contribution in [0.1, 0.15) is 28.8 Å². The monoisotopic (exact) mass is 342 g/mol. The third-order valence-electron chi connectivity index (χ3n) is 4.58. The maximum atomic E-state index is 5.88. The molecule has 3 aromatic carbocycles. The Balaban J connectivity index is 1.49. The van der Waals surface area contributed by atoms with E-state index in [9.17, 15) is 0 Å². The Kier molecular flexibility index (Phi) is 5.08. The number of amidine groups is 1. The molecule has 0 amide bonds. The Morgan fingerprint density at radius 2 is 1.27 bits per heavy atom. The zero-order chi connectivity index (χ0) is 17.6. The van der Waals surface area contributed by atoms with Crippen molar-refractivity contribution in [1.82, 2.24) is 5.32 Å². The van der Waals surface area contributed by atoms with Gasteiger partial charge in [0, 0.05) is 0 Å². The first kappa shape index (κ1) is 16.6. The number of benzene rings is 3. The van der Waals surface area contributed by atoms with Crippen molar-refractivity contribution in [2.24, 2.45) is 4.99 Å². The van der Waals surface area contributed by atoms with Crippen LogP contribution in [0, 0.1) is 0 Å². The molecule has 0 saturated carbocycles. The molecule has 3 nitrogen and oxygen atoms in total. The largest absolute Gasteiger partial charge is 0.369 e. The molecule has 1 aliphatic heterocycles. The molecule has 0 bridgehead atoms. The maximum Gasteiger partial charge on any atom is 0.124 e. The highest BCUT2D eigenvalue weighted by atomic mass is 16.5. The van der Waals surface area contributed by atoms with Crippen molar-refractivity contribution in [3.8, 4) is 0 Å². The van der Waals surface area contributed by atoms with Gasteiger partial charge in [-0.3, -0.25) is 4.99 Å². The fraction of sp³-hybridized carbons (Fsp3) is 0.174. The highest BCUT2D eigenvalue weighted by Gasteiger charge is 2.30. The minimum absolute atomic E-state index is 0.0638. The van der Waals surface area contributed by atoms with Crippen molar-refractivity contribution >= 4 is 5.84 Å². The standard InChI is InChI=1S/C23H22N2O/c1-4-10-18(11-5-1)16-26-17-21-24-22(19-12-6-2-7-13-19)23(25-21)20-14-8-3-9-15-20/h1-15,22-23H,16-17H2,(H,24,25)/t22-,23+. The van der Waals surface area contributed by atoms with Crippen LogP contribution in [0.2, 0.25) is 0 Å². The number of aliphatic imine (C=N–C) groups is 1. The molecular weight excluding hydrogens is 320 g/mol. The lowest BCUT2D eigenvalue weighted by Crippen LogP contribution is -2.27. The van der Waals surface area contributed by atoms with E-state index in [0.717, 1.165) is 5.84 Å². The lowest BCUT2D eigenvalue weighted by atomic mass is 9.95. The van der Waals surface area contributed by atoms with E-state index in [2.05, 4.69) is 66.0 Å². The Hall–Kier alpha value is -2.91. The van der Waals surface area contributed by atoms with Gasteiger partial charge in [0.15, 0.2) is 0 Å². The summed E-state index contributed by atoms with van der Waals surface area (Å²) in [7, 11) is 0. The molecular formula is C23H22N2O. The van der Waals surface area contributed by atoms with Crippen LogP contribution in [-0.2, 0) is 11.3 Å². The molecule has 0 aliphatic carbocycles. The molecule has 1 heterocycles. The van der Waals surface area contributed by atoms with E-state index in [-0.39, 0.29) is 12.1 Å². The van der Waals surface area contributed by atoms with E-state index in [1.54, 1.807) is 0 Å². The van der Waals surface area contributed by atoms with Crippen LogP contribution in [0.4, 0.5) is 0 Å². The predicted octanol–water partition coefficient (Wildman–Crippen LogP) is 4.69. The third-order valence-corrected chi connectivity index (χ3v) is 4.58. The Morgan fingerprint density at radius 3 is 1.92 bits per heavy atom. The second-order valence-electron chi connectivity index (χ2n) is 6.44. The van der Waals surface area contributed by atoms with Gasteiger partial charge in [-0.25, -0.2) is 0 Å². The summed E-state index contributed by atoms with van der Waals surface area (Å²) in [6.45, 7) is 1.08. The lowest BCUT2D eigenvalue weighted by Gasteiger charge is -2.19. The average molecular weight is 342 g/mol. The van der Waals surface area contributed by atoms with Gasteiger partial charge in [-0.2, -0.15) is 0 Å². The second-order valence-corrected chi connectivity index (χ2v) is 6.44. The summed E-state index contributed by atoms with van der Waals surface area (Å²) in [4.78, 5) is 4.93. The fourth-order valence-corrected chi connectivity index (χ4v) is 3.30. The van der Waals surface area contributed by atoms with Crippen molar-refractivity contribution in [3.63, 3.8) is 0 Å². The van der Waals surface area contributed by atoms with Gasteiger partial charge < -0.3 is 10.1 Å². The number of hydrogen-bond acceptors (Lipinski definition) is 3. The smallest absolute Gasteiger partial charge is 0.124 e. The van der Waals surface area contributed by atoms with Crippen LogP contribution in [-0.4, -0.2) is 12.4 Å². The summed E-state index contributed by atoms with van der Waals surface area (Å²) >= 11 is 0. The normalized spacial score (nSPS) is 19.0. The lowest BCUT2D eigenvalue weighted by molar-refractivity contribution is 0.156. The first-order valence-corrected chi connectivity index (χ1v) is 8.95. The van der Waals surface area contributed by atoms with Gasteiger partial charge in [0.25, 0.3) is 0 Å². The Morgan fingerprint density at radius 1 is 0.692 bits per heavy atom. The molecule has 1 aliphatic rings. The molecule has 3 heteroatoms. The zero-order valence-corrected chi connectivity index (χ0v) is 14.6. The molecule has 1 N–H and O–H groups in total. The zero-order valence-electron chi connectivity index (χ0n) is 14.6. The molecule has 0 saturated heterocycles. The Labute approximate surface area is 154 Å². The summed E-state index contributed by atoms with van der Waals surface area (Å²) in [5.41, 5.74) is 3.63. The van der Waals surface area contributed by atoms with Crippen LogP contribution < -0.4 is 5.32 Å². The molecule has 0 radical (unpaired) electrons. The summed E-state index contributed by atoms with van der Waals surface area (Å²) in [6.07, 6.45) is 0. The summed E-state index contributed by atoms with van der Waals surface area (Å²) in [6, 6.07) is 31.3. The quantitative estimate of drug-likeness (QED) is 0.705. The van der Waals surface area contributed by atoms with Gasteiger partial charge in [0.2, 0.25) is 0 Å². The van der Waals surface area contributed by atoms with Gasteiger partial charge >= 0.3 is 0 Å². The molecule has 0 unspecified atom stereocenters. The molecule has 130 valence electrons. The molecule has 26 heavy (non-hydrogen) atoms. The number of nitrogens with one attached hydrogen (secondary N) is 1. The summed E-state index contributed by atoms with van der Waals surface area (Å²) < 4.78 is 5.88. The first-order valence-electron chi connectivity index (χ1n) is 8.95. The van der Waals surface area contributed by atoms with Gasteiger partial charge in [-0.15, -0.1) is 0 Å². The van der Waals surface area contributed by atoms with E-state index in [1.165, 1.54) is 16.7 Å². The molecule has 3 aromatic rings. The summed E-state index contributed by atoms with van der Waals surface area (Å²) in [5, 5.41) is 3.57. The van der Waals surface area contributed by atoms with Gasteiger partial charge in [-0.1, -0.05) is 91.0 Å². The minimum Gasteiger partial charge on any atom is -0.369 e. The van der Waals surface area contributed by atoms with E-state index >= 15 is 0 Å². The molecule has 0 fully saturated rings. The van der Waals surface area contributed by atoms with E-state index in [0.29, 0.717) is 13.2 Å². The Bertz CT molecular complexity index is 847. The number of rotatable bonds is 6. The van der Waals surface area contributed by atoms with E-state index in [1.807, 2.05) is 30.3 Å². The van der Waals surface area contributed by atoms with Crippen LogP contribution >= 0.6 is 0 Å². The van der Waals surface area contributed by atoms with E-state index in [4.69, 9.17) is 9.73 Å². The highest BCUT2D eigenvalue weighted by Crippen LogP contribution is 2.35. The van der Waals surface area contributed by atoms with Crippen LogP contribution in [0.15, 0.2) is 96.0 Å². The molecule has 2 atom stereocenters. The fourth-order valence-electron chi connectivity index (χ4n) is 3.30. The average Bonchev–Trinajstić information content (AvgIpc) is 3.14. The van der Waals surface area contributed by atoms with E-state index < -0.39 is 0 Å². The summed E-state index contributed by atoms with van der Waals surface area (Å²) in [5.74, 6) is 0.906. The predicted molar refractivity (Wildman–Crippen MR) is 105 cm³/mol. The first-order chi connectivity index (χ1) is 12.9. The maximum absolute atomic E-state index is 5.88. The minimum atomic E-state index is 0.0638. The topological polar surface area (TPSA) is 33.6 Å². The molecule has 4 rings (SSSR count). The molecule has 0 aromatic heterocycles. The van der Waals surface area contributed by atoms with Crippen molar-refractivity contribution in [2.75, 3.05) is 6.61 Å².